The Kier molecular flexibility index (Phi) is 3.59. The van der Waals surface area contributed by atoms with Gasteiger partial charge in [-0.2, -0.15) is 0 Å². The van der Waals surface area contributed by atoms with E-state index in [0.717, 1.165) is 26.1 Å². The molecule has 0 spiro atoms. The molecule has 0 saturated heterocycles. The molecule has 4 N–H and O–H groups in total. The van der Waals surface area contributed by atoms with Crippen molar-refractivity contribution in [3.05, 3.63) is 35.5 Å². The summed E-state index contributed by atoms with van der Waals surface area (Å²) in [5.41, 5.74) is 9.30. The number of H-pyrrole nitrogens is 1. The monoisotopic (exact) mass is 217 g/mol. The smallest absolute Gasteiger partial charge is 0.0459 e. The van der Waals surface area contributed by atoms with E-state index in [1.54, 1.807) is 0 Å². The molecule has 2 aromatic rings. The molecule has 86 valence electrons. The van der Waals surface area contributed by atoms with E-state index < -0.39 is 0 Å². The largest absolute Gasteiger partial charge is 0.358 e. The molecule has 0 fully saturated rings. The van der Waals surface area contributed by atoms with Crippen LogP contribution < -0.4 is 11.1 Å². The number of hydrogen-bond donors (Lipinski definition) is 3. The summed E-state index contributed by atoms with van der Waals surface area (Å²) in [6, 6.07) is 8.42. The lowest BCUT2D eigenvalue weighted by Gasteiger charge is -2.04. The molecule has 0 aliphatic rings. The van der Waals surface area contributed by atoms with Gasteiger partial charge in [-0.05, 0) is 38.1 Å². The van der Waals surface area contributed by atoms with Crippen molar-refractivity contribution < 1.29 is 0 Å². The Morgan fingerprint density at radius 1 is 1.31 bits per heavy atom. The van der Waals surface area contributed by atoms with Crippen molar-refractivity contribution in [2.75, 3.05) is 13.1 Å². The molecule has 0 bridgehead atoms. The zero-order valence-corrected chi connectivity index (χ0v) is 9.72. The highest BCUT2D eigenvalue weighted by Crippen LogP contribution is 2.21. The van der Waals surface area contributed by atoms with Gasteiger partial charge in [0.05, 0.1) is 0 Å². The standard InChI is InChI=1S/C13H19N3/c1-10-12(9-15-8-4-7-14)11-5-2-3-6-13(11)16-10/h2-3,5-6,15-16H,4,7-9,14H2,1H3. The van der Waals surface area contributed by atoms with Gasteiger partial charge in [-0.1, -0.05) is 18.2 Å². The Morgan fingerprint density at radius 3 is 2.94 bits per heavy atom. The van der Waals surface area contributed by atoms with Gasteiger partial charge in [-0.15, -0.1) is 0 Å². The van der Waals surface area contributed by atoms with Crippen LogP contribution in [0.3, 0.4) is 0 Å². The van der Waals surface area contributed by atoms with Gasteiger partial charge in [0.15, 0.2) is 0 Å². The molecule has 0 saturated carbocycles. The minimum atomic E-state index is 0.750. The van der Waals surface area contributed by atoms with Crippen LogP contribution in [0.15, 0.2) is 24.3 Å². The third kappa shape index (κ3) is 2.26. The summed E-state index contributed by atoms with van der Waals surface area (Å²) in [4.78, 5) is 3.40. The van der Waals surface area contributed by atoms with Crippen molar-refractivity contribution in [3.63, 3.8) is 0 Å². The fourth-order valence-corrected chi connectivity index (χ4v) is 2.00. The molecule has 0 radical (unpaired) electrons. The summed E-state index contributed by atoms with van der Waals surface area (Å²) in [7, 11) is 0. The molecular formula is C13H19N3. The highest BCUT2D eigenvalue weighted by atomic mass is 14.9. The maximum absolute atomic E-state index is 5.46. The number of benzene rings is 1. The molecule has 0 amide bonds. The van der Waals surface area contributed by atoms with Crippen molar-refractivity contribution in [1.82, 2.24) is 10.3 Å². The van der Waals surface area contributed by atoms with Gasteiger partial charge in [-0.3, -0.25) is 0 Å². The van der Waals surface area contributed by atoms with Gasteiger partial charge in [0.25, 0.3) is 0 Å². The van der Waals surface area contributed by atoms with Gasteiger partial charge in [-0.25, -0.2) is 0 Å². The predicted octanol–water partition coefficient (Wildman–Crippen LogP) is 1.91. The van der Waals surface area contributed by atoms with Crippen molar-refractivity contribution in [2.24, 2.45) is 5.73 Å². The number of nitrogens with two attached hydrogens (primary N) is 1. The summed E-state index contributed by atoms with van der Waals surface area (Å²) in [5.74, 6) is 0. The molecule has 1 aromatic heterocycles. The summed E-state index contributed by atoms with van der Waals surface area (Å²) in [6.07, 6.45) is 1.03. The summed E-state index contributed by atoms with van der Waals surface area (Å²) in [5, 5.41) is 4.74. The molecule has 0 aliphatic carbocycles. The van der Waals surface area contributed by atoms with Gasteiger partial charge >= 0.3 is 0 Å². The zero-order valence-electron chi connectivity index (χ0n) is 9.72. The Labute approximate surface area is 96.0 Å². The second-order valence-corrected chi connectivity index (χ2v) is 4.09. The molecule has 16 heavy (non-hydrogen) atoms. The molecule has 0 atom stereocenters. The minimum absolute atomic E-state index is 0.750. The summed E-state index contributed by atoms with van der Waals surface area (Å²) in [6.45, 7) is 4.77. The first-order valence-electron chi connectivity index (χ1n) is 5.80. The molecule has 1 heterocycles. The van der Waals surface area contributed by atoms with Crippen LogP contribution in [0, 0.1) is 6.92 Å². The predicted molar refractivity (Wildman–Crippen MR) is 68.4 cm³/mol. The Morgan fingerprint density at radius 2 is 2.12 bits per heavy atom. The molecule has 1 aromatic carbocycles. The average molecular weight is 217 g/mol. The van der Waals surface area contributed by atoms with Crippen LogP contribution in [-0.4, -0.2) is 18.1 Å². The number of aryl methyl sites for hydroxylation is 1. The first-order chi connectivity index (χ1) is 7.83. The third-order valence-corrected chi connectivity index (χ3v) is 2.89. The van der Waals surface area contributed by atoms with E-state index in [9.17, 15) is 0 Å². The van der Waals surface area contributed by atoms with Crippen LogP contribution in [0.25, 0.3) is 10.9 Å². The van der Waals surface area contributed by atoms with Crippen LogP contribution >= 0.6 is 0 Å². The topological polar surface area (TPSA) is 53.8 Å². The molecule has 3 nitrogen and oxygen atoms in total. The van der Waals surface area contributed by atoms with E-state index in [1.807, 2.05) is 0 Å². The Balaban J connectivity index is 2.13. The van der Waals surface area contributed by atoms with Crippen LogP contribution in [0.1, 0.15) is 17.7 Å². The SMILES string of the molecule is Cc1[nH]c2ccccc2c1CNCCCN. The minimum Gasteiger partial charge on any atom is -0.358 e. The van der Waals surface area contributed by atoms with Gasteiger partial charge in [0.1, 0.15) is 0 Å². The van der Waals surface area contributed by atoms with Crippen LogP contribution in [0.5, 0.6) is 0 Å². The summed E-state index contributed by atoms with van der Waals surface area (Å²) < 4.78 is 0. The number of para-hydroxylation sites is 1. The zero-order chi connectivity index (χ0) is 11.4. The molecule has 2 rings (SSSR count). The number of rotatable bonds is 5. The second kappa shape index (κ2) is 5.14. The number of nitrogens with one attached hydrogen (secondary N) is 2. The van der Waals surface area contributed by atoms with Crippen LogP contribution in [0.2, 0.25) is 0 Å². The van der Waals surface area contributed by atoms with Crippen molar-refractivity contribution in [2.45, 2.75) is 19.9 Å². The lowest BCUT2D eigenvalue weighted by Crippen LogP contribution is -2.17. The molecule has 0 aliphatic heterocycles. The first-order valence-corrected chi connectivity index (χ1v) is 5.80. The van der Waals surface area contributed by atoms with Crippen LogP contribution in [-0.2, 0) is 6.54 Å². The molecular weight excluding hydrogens is 198 g/mol. The van der Waals surface area contributed by atoms with E-state index in [-0.39, 0.29) is 0 Å². The fourth-order valence-electron chi connectivity index (χ4n) is 2.00. The third-order valence-electron chi connectivity index (χ3n) is 2.89. The summed E-state index contributed by atoms with van der Waals surface area (Å²) >= 11 is 0. The van der Waals surface area contributed by atoms with Gasteiger partial charge < -0.3 is 16.0 Å². The number of hydrogen-bond acceptors (Lipinski definition) is 2. The van der Waals surface area contributed by atoms with E-state index in [0.29, 0.717) is 0 Å². The van der Waals surface area contributed by atoms with Gasteiger partial charge in [0.2, 0.25) is 0 Å². The van der Waals surface area contributed by atoms with Crippen molar-refractivity contribution in [3.8, 4) is 0 Å². The lowest BCUT2D eigenvalue weighted by molar-refractivity contribution is 0.656. The quantitative estimate of drug-likeness (QED) is 0.670. The van der Waals surface area contributed by atoms with E-state index in [4.69, 9.17) is 5.73 Å². The normalized spacial score (nSPS) is 11.1. The highest BCUT2D eigenvalue weighted by molar-refractivity contribution is 5.84. The highest BCUT2D eigenvalue weighted by Gasteiger charge is 2.06. The van der Waals surface area contributed by atoms with Crippen molar-refractivity contribution >= 4 is 10.9 Å². The Hall–Kier alpha value is -1.32. The Bertz CT molecular complexity index is 459. The number of fused-ring (bicyclic) bond motifs is 1. The maximum atomic E-state index is 5.46. The average Bonchev–Trinajstić information content (AvgIpc) is 2.61. The molecule has 3 heteroatoms. The van der Waals surface area contributed by atoms with Crippen LogP contribution in [0.4, 0.5) is 0 Å². The second-order valence-electron chi connectivity index (χ2n) is 4.09. The maximum Gasteiger partial charge on any atom is 0.0459 e. The molecule has 0 unspecified atom stereocenters. The fraction of sp³-hybridized carbons (Fsp3) is 0.385. The first kappa shape index (κ1) is 11.2. The van der Waals surface area contributed by atoms with E-state index in [2.05, 4.69) is 41.5 Å². The lowest BCUT2D eigenvalue weighted by atomic mass is 10.1. The number of aromatic amines is 1. The van der Waals surface area contributed by atoms with Gasteiger partial charge in [0, 0.05) is 23.1 Å². The van der Waals surface area contributed by atoms with Crippen molar-refractivity contribution in [1.29, 1.82) is 0 Å². The van der Waals surface area contributed by atoms with E-state index in [1.165, 1.54) is 22.2 Å². The van der Waals surface area contributed by atoms with E-state index >= 15 is 0 Å². The number of aromatic nitrogens is 1.